The first-order valence-corrected chi connectivity index (χ1v) is 9.12. The van der Waals surface area contributed by atoms with Gasteiger partial charge in [-0.3, -0.25) is 4.57 Å². The number of hydrogen-bond donors (Lipinski definition) is 2. The third-order valence-corrected chi connectivity index (χ3v) is 4.00. The minimum atomic E-state index is 0.555. The van der Waals surface area contributed by atoms with Crippen LogP contribution in [0.25, 0.3) is 5.82 Å². The average Bonchev–Trinajstić information content (AvgIpc) is 3.38. The maximum Gasteiger partial charge on any atom is 0.191 e. The van der Waals surface area contributed by atoms with Crippen molar-refractivity contribution in [3.05, 3.63) is 54.8 Å². The van der Waals surface area contributed by atoms with Crippen molar-refractivity contribution in [2.24, 2.45) is 4.99 Å². The fourth-order valence-electron chi connectivity index (χ4n) is 2.60. The van der Waals surface area contributed by atoms with E-state index in [1.54, 1.807) is 18.9 Å². The van der Waals surface area contributed by atoms with Gasteiger partial charge < -0.3 is 15.2 Å². The monoisotopic (exact) mass is 367 g/mol. The SMILES string of the molecule is CCNC(=NCc1ccc(-n2ccnc2)nc1)NCCn1cnnc1CC. The number of imidazole rings is 1. The molecule has 0 aromatic carbocycles. The number of nitrogens with one attached hydrogen (secondary N) is 2. The molecule has 9 nitrogen and oxygen atoms in total. The van der Waals surface area contributed by atoms with Crippen molar-refractivity contribution in [2.75, 3.05) is 13.1 Å². The molecule has 0 saturated carbocycles. The van der Waals surface area contributed by atoms with E-state index in [1.807, 2.05) is 36.0 Å². The van der Waals surface area contributed by atoms with E-state index in [0.717, 1.165) is 49.2 Å². The second kappa shape index (κ2) is 9.46. The molecule has 0 aliphatic rings. The van der Waals surface area contributed by atoms with Crippen LogP contribution < -0.4 is 10.6 Å². The number of aromatic nitrogens is 6. The van der Waals surface area contributed by atoms with Gasteiger partial charge in [-0.2, -0.15) is 0 Å². The Kier molecular flexibility index (Phi) is 6.50. The van der Waals surface area contributed by atoms with Gasteiger partial charge in [0, 0.05) is 44.6 Å². The second-order valence-electron chi connectivity index (χ2n) is 5.91. The molecular weight excluding hydrogens is 342 g/mol. The molecule has 0 bridgehead atoms. The van der Waals surface area contributed by atoms with E-state index >= 15 is 0 Å². The van der Waals surface area contributed by atoms with Crippen LogP contribution in [-0.4, -0.2) is 48.3 Å². The molecule has 0 radical (unpaired) electrons. The number of aryl methyl sites for hydroxylation is 1. The lowest BCUT2D eigenvalue weighted by atomic mass is 10.3. The van der Waals surface area contributed by atoms with Gasteiger partial charge in [0.2, 0.25) is 0 Å². The minimum Gasteiger partial charge on any atom is -0.357 e. The topological polar surface area (TPSA) is 97.8 Å². The van der Waals surface area contributed by atoms with Crippen LogP contribution in [0.1, 0.15) is 25.2 Å². The molecule has 0 fully saturated rings. The summed E-state index contributed by atoms with van der Waals surface area (Å²) in [5.41, 5.74) is 1.04. The van der Waals surface area contributed by atoms with Crippen LogP contribution in [0, 0.1) is 0 Å². The lowest BCUT2D eigenvalue weighted by molar-refractivity contribution is 0.632. The van der Waals surface area contributed by atoms with Crippen LogP contribution in [-0.2, 0) is 19.5 Å². The Balaban J connectivity index is 1.55. The fraction of sp³-hybridized carbons (Fsp3) is 0.389. The predicted molar refractivity (Wildman–Crippen MR) is 104 cm³/mol. The Morgan fingerprint density at radius 1 is 1.19 bits per heavy atom. The van der Waals surface area contributed by atoms with Crippen LogP contribution in [0.3, 0.4) is 0 Å². The molecule has 0 aliphatic heterocycles. The molecule has 0 saturated heterocycles. The quantitative estimate of drug-likeness (QED) is 0.458. The van der Waals surface area contributed by atoms with E-state index < -0.39 is 0 Å². The van der Waals surface area contributed by atoms with E-state index in [4.69, 9.17) is 0 Å². The standard InChI is InChI=1S/C18H25N9/c1-3-16-25-24-14-27(16)10-8-21-18(20-4-2)23-12-15-5-6-17(22-11-15)26-9-7-19-13-26/h5-7,9,11,13-14H,3-4,8,10,12H2,1-2H3,(H2,20,21,23). The fourth-order valence-corrected chi connectivity index (χ4v) is 2.60. The van der Waals surface area contributed by atoms with Crippen molar-refractivity contribution in [1.82, 2.24) is 39.9 Å². The molecule has 142 valence electrons. The summed E-state index contributed by atoms with van der Waals surface area (Å²) in [7, 11) is 0. The predicted octanol–water partition coefficient (Wildman–Crippen LogP) is 1.18. The van der Waals surface area contributed by atoms with Crippen molar-refractivity contribution in [3.63, 3.8) is 0 Å². The molecule has 0 spiro atoms. The van der Waals surface area contributed by atoms with Crippen molar-refractivity contribution < 1.29 is 0 Å². The maximum atomic E-state index is 4.63. The molecule has 0 aliphatic carbocycles. The Labute approximate surface area is 158 Å². The summed E-state index contributed by atoms with van der Waals surface area (Å²) in [5, 5.41) is 14.7. The molecule has 0 amide bonds. The number of rotatable bonds is 8. The molecule has 3 heterocycles. The number of hydrogen-bond acceptors (Lipinski definition) is 5. The molecule has 9 heteroatoms. The molecule has 3 aromatic rings. The summed E-state index contributed by atoms with van der Waals surface area (Å²) in [6.45, 7) is 7.02. The third kappa shape index (κ3) is 5.13. The van der Waals surface area contributed by atoms with Crippen molar-refractivity contribution in [2.45, 2.75) is 33.4 Å². The minimum absolute atomic E-state index is 0.555. The van der Waals surface area contributed by atoms with Gasteiger partial charge in [0.05, 0.1) is 6.54 Å². The first kappa shape index (κ1) is 18.6. The zero-order valence-electron chi connectivity index (χ0n) is 15.7. The van der Waals surface area contributed by atoms with Gasteiger partial charge in [-0.05, 0) is 18.6 Å². The molecule has 3 rings (SSSR count). The molecule has 2 N–H and O–H groups in total. The Morgan fingerprint density at radius 3 is 2.81 bits per heavy atom. The Hall–Kier alpha value is -3.23. The highest BCUT2D eigenvalue weighted by Crippen LogP contribution is 2.06. The highest BCUT2D eigenvalue weighted by Gasteiger charge is 2.03. The molecular formula is C18H25N9. The summed E-state index contributed by atoms with van der Waals surface area (Å²) in [5.74, 6) is 2.61. The van der Waals surface area contributed by atoms with Crippen LogP contribution in [0.2, 0.25) is 0 Å². The van der Waals surface area contributed by atoms with E-state index in [0.29, 0.717) is 6.54 Å². The number of guanidine groups is 1. The second-order valence-corrected chi connectivity index (χ2v) is 5.91. The van der Waals surface area contributed by atoms with E-state index in [9.17, 15) is 0 Å². The number of aliphatic imine (C=N–C) groups is 1. The Bertz CT molecular complexity index is 834. The van der Waals surface area contributed by atoms with Crippen LogP contribution in [0.15, 0.2) is 48.4 Å². The van der Waals surface area contributed by atoms with Gasteiger partial charge in [-0.1, -0.05) is 13.0 Å². The largest absolute Gasteiger partial charge is 0.357 e. The summed E-state index contributed by atoms with van der Waals surface area (Å²) in [6, 6.07) is 3.99. The molecule has 0 unspecified atom stereocenters. The van der Waals surface area contributed by atoms with Crippen molar-refractivity contribution >= 4 is 5.96 Å². The third-order valence-electron chi connectivity index (χ3n) is 4.00. The smallest absolute Gasteiger partial charge is 0.191 e. The zero-order chi connectivity index (χ0) is 18.9. The molecule has 0 atom stereocenters. The van der Waals surface area contributed by atoms with Crippen LogP contribution >= 0.6 is 0 Å². The Morgan fingerprint density at radius 2 is 2.11 bits per heavy atom. The van der Waals surface area contributed by atoms with Gasteiger partial charge in [-0.25, -0.2) is 15.0 Å². The molecule has 27 heavy (non-hydrogen) atoms. The van der Waals surface area contributed by atoms with Crippen LogP contribution in [0.5, 0.6) is 0 Å². The van der Waals surface area contributed by atoms with Crippen LogP contribution in [0.4, 0.5) is 0 Å². The van der Waals surface area contributed by atoms with Gasteiger partial charge >= 0.3 is 0 Å². The highest BCUT2D eigenvalue weighted by molar-refractivity contribution is 5.79. The lowest BCUT2D eigenvalue weighted by Crippen LogP contribution is -2.38. The van der Waals surface area contributed by atoms with E-state index in [-0.39, 0.29) is 0 Å². The number of nitrogens with zero attached hydrogens (tertiary/aromatic N) is 7. The van der Waals surface area contributed by atoms with E-state index in [1.165, 1.54) is 0 Å². The number of pyridine rings is 1. The van der Waals surface area contributed by atoms with Crippen molar-refractivity contribution in [3.8, 4) is 5.82 Å². The van der Waals surface area contributed by atoms with Gasteiger partial charge in [0.15, 0.2) is 5.96 Å². The van der Waals surface area contributed by atoms with Gasteiger partial charge in [0.1, 0.15) is 24.3 Å². The lowest BCUT2D eigenvalue weighted by Gasteiger charge is -2.12. The summed E-state index contributed by atoms with van der Waals surface area (Å²) in [6.07, 6.45) is 9.80. The average molecular weight is 367 g/mol. The highest BCUT2D eigenvalue weighted by atomic mass is 15.3. The van der Waals surface area contributed by atoms with Gasteiger partial charge in [-0.15, -0.1) is 10.2 Å². The first-order valence-electron chi connectivity index (χ1n) is 9.12. The van der Waals surface area contributed by atoms with Gasteiger partial charge in [0.25, 0.3) is 0 Å². The van der Waals surface area contributed by atoms with E-state index in [2.05, 4.69) is 47.3 Å². The summed E-state index contributed by atoms with van der Waals surface area (Å²) >= 11 is 0. The maximum absolute atomic E-state index is 4.63. The zero-order valence-corrected chi connectivity index (χ0v) is 15.7. The van der Waals surface area contributed by atoms with Crippen molar-refractivity contribution in [1.29, 1.82) is 0 Å². The summed E-state index contributed by atoms with van der Waals surface area (Å²) in [4.78, 5) is 13.1. The first-order chi connectivity index (χ1) is 13.3. The normalized spacial score (nSPS) is 11.6. The summed E-state index contributed by atoms with van der Waals surface area (Å²) < 4.78 is 3.92. The molecule has 3 aromatic heterocycles.